The summed E-state index contributed by atoms with van der Waals surface area (Å²) in [6.45, 7) is 0.552. The predicted molar refractivity (Wildman–Crippen MR) is 56.8 cm³/mol. The fraction of sp³-hybridized carbons (Fsp3) is 0.750. The van der Waals surface area contributed by atoms with Gasteiger partial charge in [0.05, 0.1) is 6.16 Å². The van der Waals surface area contributed by atoms with Gasteiger partial charge in [0.25, 0.3) is 0 Å². The zero-order valence-corrected chi connectivity index (χ0v) is 9.48. The summed E-state index contributed by atoms with van der Waals surface area (Å²) < 4.78 is 10.7. The SMILES string of the molecule is N=C(CP(=O)(O)O)[C@@H]1CCCN[C@@H]1C(=O)O. The lowest BCUT2D eigenvalue weighted by Crippen LogP contribution is -2.50. The summed E-state index contributed by atoms with van der Waals surface area (Å²) in [6.07, 6.45) is 0.518. The van der Waals surface area contributed by atoms with Crippen molar-refractivity contribution in [2.45, 2.75) is 18.9 Å². The van der Waals surface area contributed by atoms with Crippen molar-refractivity contribution in [3.05, 3.63) is 0 Å². The summed E-state index contributed by atoms with van der Waals surface area (Å²) in [6, 6.07) is -0.909. The van der Waals surface area contributed by atoms with E-state index in [-0.39, 0.29) is 5.71 Å². The summed E-state index contributed by atoms with van der Waals surface area (Å²) in [7, 11) is -4.29. The van der Waals surface area contributed by atoms with Gasteiger partial charge in [-0.15, -0.1) is 0 Å². The molecule has 1 aliphatic heterocycles. The minimum Gasteiger partial charge on any atom is -0.480 e. The van der Waals surface area contributed by atoms with Crippen LogP contribution in [0.1, 0.15) is 12.8 Å². The van der Waals surface area contributed by atoms with Gasteiger partial charge in [0.1, 0.15) is 6.04 Å². The monoisotopic (exact) mass is 250 g/mol. The highest BCUT2D eigenvalue weighted by Gasteiger charge is 2.35. The van der Waals surface area contributed by atoms with Gasteiger partial charge < -0.3 is 25.6 Å². The van der Waals surface area contributed by atoms with Gasteiger partial charge in [-0.3, -0.25) is 9.36 Å². The van der Waals surface area contributed by atoms with Gasteiger partial charge in [0, 0.05) is 11.6 Å². The van der Waals surface area contributed by atoms with Crippen molar-refractivity contribution < 1.29 is 24.3 Å². The second-order valence-electron chi connectivity index (χ2n) is 3.87. The van der Waals surface area contributed by atoms with Gasteiger partial charge in [-0.25, -0.2) is 0 Å². The minimum absolute atomic E-state index is 0.187. The normalized spacial score (nSPS) is 26.4. The van der Waals surface area contributed by atoms with Gasteiger partial charge in [-0.1, -0.05) is 0 Å². The molecular weight excluding hydrogens is 235 g/mol. The van der Waals surface area contributed by atoms with Crippen LogP contribution in [0.15, 0.2) is 0 Å². The molecule has 0 aromatic rings. The van der Waals surface area contributed by atoms with E-state index in [9.17, 15) is 9.36 Å². The zero-order chi connectivity index (χ0) is 12.3. The van der Waals surface area contributed by atoms with Crippen LogP contribution in [0.5, 0.6) is 0 Å². The van der Waals surface area contributed by atoms with Crippen LogP contribution in [0.25, 0.3) is 0 Å². The van der Waals surface area contributed by atoms with Crippen LogP contribution in [0, 0.1) is 11.3 Å². The molecule has 16 heavy (non-hydrogen) atoms. The summed E-state index contributed by atoms with van der Waals surface area (Å²) in [5.41, 5.74) is -0.187. The fourth-order valence-electron chi connectivity index (χ4n) is 1.86. The van der Waals surface area contributed by atoms with Crippen molar-refractivity contribution >= 4 is 19.3 Å². The Morgan fingerprint density at radius 3 is 2.62 bits per heavy atom. The molecule has 1 saturated heterocycles. The van der Waals surface area contributed by atoms with Crippen LogP contribution in [0.3, 0.4) is 0 Å². The molecule has 0 aliphatic carbocycles. The Morgan fingerprint density at radius 2 is 2.12 bits per heavy atom. The number of aliphatic carboxylic acids is 1. The highest BCUT2D eigenvalue weighted by atomic mass is 31.2. The first-order valence-electron chi connectivity index (χ1n) is 4.89. The van der Waals surface area contributed by atoms with Crippen molar-refractivity contribution in [3.8, 4) is 0 Å². The van der Waals surface area contributed by atoms with E-state index in [0.717, 1.165) is 0 Å². The molecule has 1 heterocycles. The van der Waals surface area contributed by atoms with Crippen LogP contribution in [0.4, 0.5) is 0 Å². The van der Waals surface area contributed by atoms with E-state index >= 15 is 0 Å². The maximum absolute atomic E-state index is 10.9. The molecule has 0 amide bonds. The summed E-state index contributed by atoms with van der Waals surface area (Å²) in [5.74, 6) is -1.71. The summed E-state index contributed by atoms with van der Waals surface area (Å²) in [5, 5.41) is 19.2. The lowest BCUT2D eigenvalue weighted by molar-refractivity contribution is -0.140. The molecule has 8 heteroatoms. The Labute approximate surface area is 92.5 Å². The van der Waals surface area contributed by atoms with Gasteiger partial charge in [0.2, 0.25) is 0 Å². The predicted octanol–water partition coefficient (Wildman–Crippen LogP) is -0.363. The highest BCUT2D eigenvalue weighted by molar-refractivity contribution is 7.52. The van der Waals surface area contributed by atoms with Crippen molar-refractivity contribution in [1.29, 1.82) is 5.41 Å². The number of hydrogen-bond donors (Lipinski definition) is 5. The first-order chi connectivity index (χ1) is 7.31. The van der Waals surface area contributed by atoms with Gasteiger partial charge in [0.15, 0.2) is 0 Å². The third-order valence-electron chi connectivity index (χ3n) is 2.55. The molecule has 92 valence electrons. The molecule has 0 saturated carbocycles. The van der Waals surface area contributed by atoms with E-state index in [0.29, 0.717) is 19.4 Å². The minimum atomic E-state index is -4.29. The van der Waals surface area contributed by atoms with Crippen LogP contribution in [-0.2, 0) is 9.36 Å². The van der Waals surface area contributed by atoms with Gasteiger partial charge in [-0.2, -0.15) is 0 Å². The quantitative estimate of drug-likeness (QED) is 0.342. The third-order valence-corrected chi connectivity index (χ3v) is 3.30. The first-order valence-corrected chi connectivity index (χ1v) is 6.69. The van der Waals surface area contributed by atoms with Crippen LogP contribution in [-0.4, -0.2) is 45.3 Å². The number of carbonyl (C=O) groups is 1. The lowest BCUT2D eigenvalue weighted by Gasteiger charge is -2.30. The molecule has 1 fully saturated rings. The van der Waals surface area contributed by atoms with Crippen molar-refractivity contribution in [1.82, 2.24) is 5.32 Å². The fourth-order valence-corrected chi connectivity index (χ4v) is 2.54. The maximum Gasteiger partial charge on any atom is 0.331 e. The molecular formula is C8H15N2O5P. The van der Waals surface area contributed by atoms with E-state index in [4.69, 9.17) is 20.3 Å². The number of carboxylic acid groups (broad SMARTS) is 1. The summed E-state index contributed by atoms with van der Waals surface area (Å²) >= 11 is 0. The molecule has 1 aliphatic rings. The molecule has 0 aromatic heterocycles. The molecule has 0 unspecified atom stereocenters. The Morgan fingerprint density at radius 1 is 1.50 bits per heavy atom. The Hall–Kier alpha value is -0.750. The van der Waals surface area contributed by atoms with Crippen molar-refractivity contribution in [3.63, 3.8) is 0 Å². The van der Waals surface area contributed by atoms with Crippen LogP contribution < -0.4 is 5.32 Å². The van der Waals surface area contributed by atoms with E-state index < -0.39 is 31.7 Å². The van der Waals surface area contributed by atoms with Gasteiger partial charge in [-0.05, 0) is 19.4 Å². The van der Waals surface area contributed by atoms with E-state index in [1.807, 2.05) is 0 Å². The molecule has 7 nitrogen and oxygen atoms in total. The second kappa shape index (κ2) is 5.05. The number of nitrogens with one attached hydrogen (secondary N) is 2. The molecule has 0 radical (unpaired) electrons. The smallest absolute Gasteiger partial charge is 0.331 e. The zero-order valence-electron chi connectivity index (χ0n) is 8.59. The number of piperidine rings is 1. The second-order valence-corrected chi connectivity index (χ2v) is 5.51. The first kappa shape index (κ1) is 13.3. The molecule has 1 rings (SSSR count). The molecule has 0 spiro atoms. The molecule has 0 bridgehead atoms. The maximum atomic E-state index is 10.9. The van der Waals surface area contributed by atoms with Crippen LogP contribution in [0.2, 0.25) is 0 Å². The average Bonchev–Trinajstić information content (AvgIpc) is 2.15. The van der Waals surface area contributed by atoms with Crippen molar-refractivity contribution in [2.24, 2.45) is 5.92 Å². The molecule has 5 N–H and O–H groups in total. The largest absolute Gasteiger partial charge is 0.480 e. The van der Waals surface area contributed by atoms with Crippen molar-refractivity contribution in [2.75, 3.05) is 12.7 Å². The molecule has 0 aromatic carbocycles. The highest BCUT2D eigenvalue weighted by Crippen LogP contribution is 2.36. The lowest BCUT2D eigenvalue weighted by atomic mass is 9.87. The number of carboxylic acids is 1. The topological polar surface area (TPSA) is 131 Å². The van der Waals surface area contributed by atoms with E-state index in [1.54, 1.807) is 0 Å². The third kappa shape index (κ3) is 3.68. The Balaban J connectivity index is 2.72. The van der Waals surface area contributed by atoms with Crippen LogP contribution >= 0.6 is 7.60 Å². The van der Waals surface area contributed by atoms with E-state index in [1.165, 1.54) is 0 Å². The molecule has 2 atom stereocenters. The Bertz CT molecular complexity index is 339. The standard InChI is InChI=1S/C8H15N2O5P/c9-6(4-16(13,14)15)5-2-1-3-10-7(5)8(11)12/h5,7,9-10H,1-4H2,(H,11,12)(H2,13,14,15)/t5-,7-/m0/s1. The number of hydrogen-bond acceptors (Lipinski definition) is 4. The average molecular weight is 250 g/mol. The Kier molecular flexibility index (Phi) is 4.21. The van der Waals surface area contributed by atoms with E-state index in [2.05, 4.69) is 5.32 Å². The number of rotatable bonds is 4. The van der Waals surface area contributed by atoms with Gasteiger partial charge >= 0.3 is 13.6 Å². The summed E-state index contributed by atoms with van der Waals surface area (Å²) in [4.78, 5) is 28.4.